The molecule has 0 radical (unpaired) electrons. The second-order valence-electron chi connectivity index (χ2n) is 4.43. The first-order valence-corrected chi connectivity index (χ1v) is 8.01. The average molecular weight is 329 g/mol. The van der Waals surface area contributed by atoms with Gasteiger partial charge in [-0.3, -0.25) is 4.79 Å². The molecule has 1 fully saturated rings. The van der Waals surface area contributed by atoms with Crippen molar-refractivity contribution in [1.29, 1.82) is 0 Å². The van der Waals surface area contributed by atoms with E-state index in [1.54, 1.807) is 11.8 Å². The molecular formula is C13H17BrN2OS. The number of nitrogens with zero attached hydrogens (tertiary/aromatic N) is 1. The lowest BCUT2D eigenvalue weighted by Gasteiger charge is -2.14. The summed E-state index contributed by atoms with van der Waals surface area (Å²) >= 11 is 5.15. The third-order valence-corrected chi connectivity index (χ3v) is 4.72. The molecule has 1 aromatic rings. The molecule has 2 N–H and O–H groups in total. The molecule has 0 aliphatic carbocycles. The molecule has 1 aromatic carbocycles. The van der Waals surface area contributed by atoms with E-state index >= 15 is 0 Å². The van der Waals surface area contributed by atoms with E-state index in [2.05, 4.69) is 15.9 Å². The van der Waals surface area contributed by atoms with E-state index in [-0.39, 0.29) is 5.91 Å². The standard InChI is InChI=1S/C13H17BrN2OS/c14-12-7-11(15)4-3-10(12)8-18-9-13(17)16-5-1-2-6-16/h3-4,7H,1-2,5-6,8-9,15H2. The summed E-state index contributed by atoms with van der Waals surface area (Å²) in [6.45, 7) is 1.87. The highest BCUT2D eigenvalue weighted by Gasteiger charge is 2.17. The summed E-state index contributed by atoms with van der Waals surface area (Å²) in [6, 6.07) is 5.80. The molecule has 1 amide bonds. The quantitative estimate of drug-likeness (QED) is 0.864. The number of amides is 1. The van der Waals surface area contributed by atoms with Crippen LogP contribution in [0.3, 0.4) is 0 Å². The van der Waals surface area contributed by atoms with Crippen molar-refractivity contribution >= 4 is 39.3 Å². The summed E-state index contributed by atoms with van der Waals surface area (Å²) in [5, 5.41) is 0. The number of carbonyl (C=O) groups excluding carboxylic acids is 1. The van der Waals surface area contributed by atoms with Crippen LogP contribution in [0.1, 0.15) is 18.4 Å². The number of nitrogens with two attached hydrogens (primary N) is 1. The van der Waals surface area contributed by atoms with Crippen LogP contribution < -0.4 is 5.73 Å². The Morgan fingerprint density at radius 2 is 2.11 bits per heavy atom. The Bertz CT molecular complexity index is 433. The summed E-state index contributed by atoms with van der Waals surface area (Å²) in [6.07, 6.45) is 2.31. The van der Waals surface area contributed by atoms with Gasteiger partial charge in [-0.2, -0.15) is 0 Å². The smallest absolute Gasteiger partial charge is 0.232 e. The molecule has 1 aliphatic heterocycles. The lowest BCUT2D eigenvalue weighted by Crippen LogP contribution is -2.29. The van der Waals surface area contributed by atoms with Crippen LogP contribution in [0.2, 0.25) is 0 Å². The predicted octanol–water partition coefficient (Wildman–Crippen LogP) is 2.89. The summed E-state index contributed by atoms with van der Waals surface area (Å²) in [5.74, 6) is 1.67. The molecule has 1 heterocycles. The number of likely N-dealkylation sites (tertiary alicyclic amines) is 1. The zero-order valence-electron chi connectivity index (χ0n) is 10.2. The second-order valence-corrected chi connectivity index (χ2v) is 6.27. The van der Waals surface area contributed by atoms with Gasteiger partial charge in [0, 0.05) is 29.0 Å². The SMILES string of the molecule is Nc1ccc(CSCC(=O)N2CCCC2)c(Br)c1. The van der Waals surface area contributed by atoms with Gasteiger partial charge in [-0.25, -0.2) is 0 Å². The molecule has 0 spiro atoms. The van der Waals surface area contributed by atoms with E-state index in [0.29, 0.717) is 5.75 Å². The van der Waals surface area contributed by atoms with Crippen molar-refractivity contribution in [3.63, 3.8) is 0 Å². The van der Waals surface area contributed by atoms with Crippen LogP contribution in [-0.4, -0.2) is 29.6 Å². The van der Waals surface area contributed by atoms with Crippen LogP contribution in [0, 0.1) is 0 Å². The number of thioether (sulfide) groups is 1. The second kappa shape index (κ2) is 6.48. The van der Waals surface area contributed by atoms with Gasteiger partial charge in [-0.15, -0.1) is 11.8 Å². The molecule has 1 saturated heterocycles. The molecule has 1 aliphatic rings. The monoisotopic (exact) mass is 328 g/mol. The average Bonchev–Trinajstić information content (AvgIpc) is 2.85. The van der Waals surface area contributed by atoms with Crippen molar-refractivity contribution in [1.82, 2.24) is 4.90 Å². The minimum absolute atomic E-state index is 0.268. The molecule has 5 heteroatoms. The normalized spacial score (nSPS) is 15.1. The maximum atomic E-state index is 11.8. The molecule has 0 unspecified atom stereocenters. The van der Waals surface area contributed by atoms with Crippen LogP contribution in [0.4, 0.5) is 5.69 Å². The lowest BCUT2D eigenvalue weighted by molar-refractivity contribution is -0.127. The zero-order chi connectivity index (χ0) is 13.0. The largest absolute Gasteiger partial charge is 0.399 e. The van der Waals surface area contributed by atoms with Crippen LogP contribution in [0.15, 0.2) is 22.7 Å². The lowest BCUT2D eigenvalue weighted by atomic mass is 10.2. The minimum atomic E-state index is 0.268. The van der Waals surface area contributed by atoms with Crippen molar-refractivity contribution in [3.05, 3.63) is 28.2 Å². The highest BCUT2D eigenvalue weighted by molar-refractivity contribution is 9.10. The third-order valence-electron chi connectivity index (χ3n) is 3.02. The molecule has 2 rings (SSSR count). The predicted molar refractivity (Wildman–Crippen MR) is 80.5 cm³/mol. The van der Waals surface area contributed by atoms with E-state index in [4.69, 9.17) is 5.73 Å². The molecule has 18 heavy (non-hydrogen) atoms. The molecule has 0 bridgehead atoms. The van der Waals surface area contributed by atoms with Crippen LogP contribution in [0.5, 0.6) is 0 Å². The Morgan fingerprint density at radius 3 is 2.78 bits per heavy atom. The molecular weight excluding hydrogens is 312 g/mol. The van der Waals surface area contributed by atoms with Gasteiger partial charge in [0.2, 0.25) is 5.91 Å². The Hall–Kier alpha value is -0.680. The Morgan fingerprint density at radius 1 is 1.39 bits per heavy atom. The van der Waals surface area contributed by atoms with Gasteiger partial charge in [-0.1, -0.05) is 22.0 Å². The first-order chi connectivity index (χ1) is 8.66. The first-order valence-electron chi connectivity index (χ1n) is 6.06. The molecule has 0 saturated carbocycles. The van der Waals surface area contributed by atoms with Gasteiger partial charge < -0.3 is 10.6 Å². The van der Waals surface area contributed by atoms with E-state index < -0.39 is 0 Å². The summed E-state index contributed by atoms with van der Waals surface area (Å²) in [7, 11) is 0. The molecule has 98 valence electrons. The van der Waals surface area contributed by atoms with Crippen LogP contribution >= 0.6 is 27.7 Å². The fourth-order valence-electron chi connectivity index (χ4n) is 1.99. The van der Waals surface area contributed by atoms with Crippen molar-refractivity contribution < 1.29 is 4.79 Å². The summed E-state index contributed by atoms with van der Waals surface area (Å²) < 4.78 is 1.02. The number of benzene rings is 1. The Balaban J connectivity index is 1.79. The van der Waals surface area contributed by atoms with E-state index in [1.807, 2.05) is 23.1 Å². The maximum absolute atomic E-state index is 11.8. The highest BCUT2D eigenvalue weighted by Crippen LogP contribution is 2.24. The number of halogens is 1. The Labute approximate surface area is 120 Å². The number of nitrogen functional groups attached to an aromatic ring is 1. The first kappa shape index (κ1) is 13.7. The molecule has 0 atom stereocenters. The molecule has 3 nitrogen and oxygen atoms in total. The van der Waals surface area contributed by atoms with Gasteiger partial charge in [-0.05, 0) is 30.5 Å². The van der Waals surface area contributed by atoms with Crippen LogP contribution in [0.25, 0.3) is 0 Å². The van der Waals surface area contributed by atoms with Crippen LogP contribution in [-0.2, 0) is 10.5 Å². The third kappa shape index (κ3) is 3.65. The highest BCUT2D eigenvalue weighted by atomic mass is 79.9. The van der Waals surface area contributed by atoms with Gasteiger partial charge in [0.15, 0.2) is 0 Å². The van der Waals surface area contributed by atoms with Crippen molar-refractivity contribution in [3.8, 4) is 0 Å². The topological polar surface area (TPSA) is 46.3 Å². The van der Waals surface area contributed by atoms with Crippen molar-refractivity contribution in [2.75, 3.05) is 24.6 Å². The number of rotatable bonds is 4. The van der Waals surface area contributed by atoms with Gasteiger partial charge in [0.05, 0.1) is 5.75 Å². The number of anilines is 1. The van der Waals surface area contributed by atoms with Gasteiger partial charge in [0.1, 0.15) is 0 Å². The number of hydrogen-bond acceptors (Lipinski definition) is 3. The number of hydrogen-bond donors (Lipinski definition) is 1. The van der Waals surface area contributed by atoms with Crippen molar-refractivity contribution in [2.24, 2.45) is 0 Å². The van der Waals surface area contributed by atoms with E-state index in [0.717, 1.165) is 41.8 Å². The van der Waals surface area contributed by atoms with Gasteiger partial charge >= 0.3 is 0 Å². The fourth-order valence-corrected chi connectivity index (χ4v) is 3.64. The fraction of sp³-hybridized carbons (Fsp3) is 0.462. The summed E-state index contributed by atoms with van der Waals surface area (Å²) in [4.78, 5) is 13.8. The van der Waals surface area contributed by atoms with Gasteiger partial charge in [0.25, 0.3) is 0 Å². The zero-order valence-corrected chi connectivity index (χ0v) is 12.6. The maximum Gasteiger partial charge on any atom is 0.232 e. The van der Waals surface area contributed by atoms with Crippen molar-refractivity contribution in [2.45, 2.75) is 18.6 Å². The van der Waals surface area contributed by atoms with E-state index in [1.165, 1.54) is 5.56 Å². The van der Waals surface area contributed by atoms with E-state index in [9.17, 15) is 4.79 Å². The molecule has 0 aromatic heterocycles. The summed E-state index contributed by atoms with van der Waals surface area (Å²) in [5.41, 5.74) is 7.63. The Kier molecular flexibility index (Phi) is 4.95. The number of carbonyl (C=O) groups is 1. The minimum Gasteiger partial charge on any atom is -0.399 e.